The second-order valence-electron chi connectivity index (χ2n) is 6.93. The summed E-state index contributed by atoms with van der Waals surface area (Å²) in [6.07, 6.45) is 2.42. The molecule has 1 aromatic heterocycles. The van der Waals surface area contributed by atoms with Crippen molar-refractivity contribution in [1.29, 1.82) is 0 Å². The van der Waals surface area contributed by atoms with E-state index >= 15 is 0 Å². The monoisotopic (exact) mass is 375 g/mol. The number of amides is 2. The van der Waals surface area contributed by atoms with Crippen LogP contribution in [-0.4, -0.2) is 46.1 Å². The molecule has 1 fully saturated rings. The Balaban J connectivity index is 1.59. The van der Waals surface area contributed by atoms with Gasteiger partial charge in [-0.25, -0.2) is 14.6 Å². The van der Waals surface area contributed by atoms with Gasteiger partial charge < -0.3 is 15.3 Å². The number of benzene rings is 1. The first-order valence-corrected chi connectivity index (χ1v) is 9.95. The Morgan fingerprint density at radius 1 is 1.35 bits per heavy atom. The Morgan fingerprint density at radius 3 is 2.65 bits per heavy atom. The summed E-state index contributed by atoms with van der Waals surface area (Å²) < 4.78 is 1.19. The standard InChI is InChI=1S/C19H25N3O3S/c1-3-12(2)16(18(23)24)21-19(25)22-10-8-13(9-11-22)17-20-14-6-4-5-7-15(14)26-17/h4-7,12-13,16H,3,8-11H2,1-2H3,(H,21,25)(H,23,24)/t12-,16+/m1/s1. The van der Waals surface area contributed by atoms with Gasteiger partial charge in [0, 0.05) is 19.0 Å². The van der Waals surface area contributed by atoms with E-state index in [0.29, 0.717) is 25.4 Å². The van der Waals surface area contributed by atoms with Crippen molar-refractivity contribution in [2.45, 2.75) is 45.1 Å². The maximum atomic E-state index is 12.5. The number of hydrogen-bond acceptors (Lipinski definition) is 4. The fraction of sp³-hybridized carbons (Fsp3) is 0.526. The lowest BCUT2D eigenvalue weighted by atomic mass is 9.97. The van der Waals surface area contributed by atoms with Gasteiger partial charge in [0.2, 0.25) is 0 Å². The molecule has 2 amide bonds. The first-order chi connectivity index (χ1) is 12.5. The summed E-state index contributed by atoms with van der Waals surface area (Å²) in [6.45, 7) is 5.02. The van der Waals surface area contributed by atoms with Gasteiger partial charge in [-0.2, -0.15) is 0 Å². The Bertz CT molecular complexity index is 750. The van der Waals surface area contributed by atoms with Crippen LogP contribution >= 0.6 is 11.3 Å². The number of rotatable bonds is 5. The van der Waals surface area contributed by atoms with Gasteiger partial charge in [-0.05, 0) is 30.9 Å². The molecule has 1 aliphatic rings. The van der Waals surface area contributed by atoms with E-state index in [0.717, 1.165) is 23.4 Å². The molecule has 1 aromatic carbocycles. The zero-order valence-corrected chi connectivity index (χ0v) is 16.0. The lowest BCUT2D eigenvalue weighted by Crippen LogP contribution is -2.52. The molecule has 2 heterocycles. The molecule has 2 aromatic rings. The van der Waals surface area contributed by atoms with E-state index in [-0.39, 0.29) is 11.9 Å². The SMILES string of the molecule is CC[C@@H](C)[C@H](NC(=O)N1CCC(c2nc3ccccc3s2)CC1)C(=O)O. The number of para-hydroxylation sites is 1. The third-order valence-corrected chi connectivity index (χ3v) is 6.40. The molecule has 2 atom stereocenters. The molecule has 1 aliphatic heterocycles. The number of aliphatic carboxylic acids is 1. The van der Waals surface area contributed by atoms with E-state index in [4.69, 9.17) is 4.98 Å². The highest BCUT2D eigenvalue weighted by atomic mass is 32.1. The number of nitrogens with zero attached hydrogens (tertiary/aromatic N) is 2. The van der Waals surface area contributed by atoms with Crippen LogP contribution < -0.4 is 5.32 Å². The van der Waals surface area contributed by atoms with Crippen molar-refractivity contribution in [2.24, 2.45) is 5.92 Å². The number of carbonyl (C=O) groups is 2. The van der Waals surface area contributed by atoms with E-state index in [1.165, 1.54) is 4.70 Å². The largest absolute Gasteiger partial charge is 0.480 e. The Hall–Kier alpha value is -2.15. The molecule has 1 saturated heterocycles. The molecule has 140 valence electrons. The molecule has 26 heavy (non-hydrogen) atoms. The van der Waals surface area contributed by atoms with Crippen LogP contribution in [0, 0.1) is 5.92 Å². The third-order valence-electron chi connectivity index (χ3n) is 5.20. The highest BCUT2D eigenvalue weighted by Gasteiger charge is 2.30. The van der Waals surface area contributed by atoms with Gasteiger partial charge in [0.05, 0.1) is 15.2 Å². The smallest absolute Gasteiger partial charge is 0.326 e. The molecule has 2 N–H and O–H groups in total. The van der Waals surface area contributed by atoms with Crippen molar-refractivity contribution in [3.63, 3.8) is 0 Å². The minimum absolute atomic E-state index is 0.100. The molecule has 0 radical (unpaired) electrons. The van der Waals surface area contributed by atoms with E-state index < -0.39 is 12.0 Å². The number of carbonyl (C=O) groups excluding carboxylic acids is 1. The van der Waals surface area contributed by atoms with Gasteiger partial charge in [-0.1, -0.05) is 32.4 Å². The minimum Gasteiger partial charge on any atom is -0.480 e. The topological polar surface area (TPSA) is 82.5 Å². The lowest BCUT2D eigenvalue weighted by molar-refractivity contribution is -0.140. The fourth-order valence-corrected chi connectivity index (χ4v) is 4.44. The lowest BCUT2D eigenvalue weighted by Gasteiger charge is -2.32. The summed E-state index contributed by atoms with van der Waals surface area (Å²) in [7, 11) is 0. The number of likely N-dealkylation sites (tertiary alicyclic amines) is 1. The summed E-state index contributed by atoms with van der Waals surface area (Å²) >= 11 is 1.73. The van der Waals surface area contributed by atoms with Gasteiger partial charge in [0.1, 0.15) is 6.04 Å². The maximum Gasteiger partial charge on any atom is 0.326 e. The van der Waals surface area contributed by atoms with E-state index in [2.05, 4.69) is 11.4 Å². The number of hydrogen-bond donors (Lipinski definition) is 2. The van der Waals surface area contributed by atoms with Crippen LogP contribution in [0.2, 0.25) is 0 Å². The first-order valence-electron chi connectivity index (χ1n) is 9.13. The summed E-state index contributed by atoms with van der Waals surface area (Å²) in [5.74, 6) is -0.713. The minimum atomic E-state index is -0.975. The van der Waals surface area contributed by atoms with E-state index in [1.54, 1.807) is 16.2 Å². The van der Waals surface area contributed by atoms with Crippen LogP contribution in [0.25, 0.3) is 10.2 Å². The third kappa shape index (κ3) is 3.98. The van der Waals surface area contributed by atoms with E-state index in [9.17, 15) is 14.7 Å². The van der Waals surface area contributed by atoms with Crippen LogP contribution in [-0.2, 0) is 4.79 Å². The second-order valence-corrected chi connectivity index (χ2v) is 7.99. The van der Waals surface area contributed by atoms with Gasteiger partial charge in [-0.3, -0.25) is 0 Å². The van der Waals surface area contributed by atoms with Gasteiger partial charge >= 0.3 is 12.0 Å². The Morgan fingerprint density at radius 2 is 2.04 bits per heavy atom. The molecule has 0 spiro atoms. The molecular formula is C19H25N3O3S. The average molecular weight is 375 g/mol. The van der Waals surface area contributed by atoms with Crippen molar-refractivity contribution >= 4 is 33.6 Å². The zero-order valence-electron chi connectivity index (χ0n) is 15.1. The van der Waals surface area contributed by atoms with Gasteiger partial charge in [0.25, 0.3) is 0 Å². The molecular weight excluding hydrogens is 350 g/mol. The molecule has 0 unspecified atom stereocenters. The van der Waals surface area contributed by atoms with Crippen molar-refractivity contribution in [3.05, 3.63) is 29.3 Å². The van der Waals surface area contributed by atoms with Crippen molar-refractivity contribution in [1.82, 2.24) is 15.2 Å². The van der Waals surface area contributed by atoms with Crippen LogP contribution in [0.15, 0.2) is 24.3 Å². The highest BCUT2D eigenvalue weighted by Crippen LogP contribution is 2.33. The molecule has 0 saturated carbocycles. The number of fused-ring (bicyclic) bond motifs is 1. The van der Waals surface area contributed by atoms with Crippen molar-refractivity contribution in [2.75, 3.05) is 13.1 Å². The summed E-state index contributed by atoms with van der Waals surface area (Å²) in [4.78, 5) is 30.3. The average Bonchev–Trinajstić information content (AvgIpc) is 3.09. The first kappa shape index (κ1) is 18.6. The van der Waals surface area contributed by atoms with Crippen LogP contribution in [0.1, 0.15) is 44.0 Å². The molecule has 0 bridgehead atoms. The molecule has 3 rings (SSSR count). The van der Waals surface area contributed by atoms with Crippen molar-refractivity contribution < 1.29 is 14.7 Å². The summed E-state index contributed by atoms with van der Waals surface area (Å²) in [5, 5.41) is 13.2. The summed E-state index contributed by atoms with van der Waals surface area (Å²) in [6, 6.07) is 7.01. The highest BCUT2D eigenvalue weighted by molar-refractivity contribution is 7.18. The van der Waals surface area contributed by atoms with Crippen LogP contribution in [0.4, 0.5) is 4.79 Å². The van der Waals surface area contributed by atoms with Crippen molar-refractivity contribution in [3.8, 4) is 0 Å². The second kappa shape index (κ2) is 8.03. The predicted octanol–water partition coefficient (Wildman–Crippen LogP) is 3.68. The number of piperidine rings is 1. The number of thiazole rings is 1. The quantitative estimate of drug-likeness (QED) is 0.835. The number of nitrogens with one attached hydrogen (secondary N) is 1. The zero-order chi connectivity index (χ0) is 18.7. The molecule has 6 nitrogen and oxygen atoms in total. The summed E-state index contributed by atoms with van der Waals surface area (Å²) in [5.41, 5.74) is 1.03. The number of carboxylic acids is 1. The molecule has 7 heteroatoms. The normalized spacial score (nSPS) is 17.8. The maximum absolute atomic E-state index is 12.5. The van der Waals surface area contributed by atoms with Crippen LogP contribution in [0.5, 0.6) is 0 Å². The van der Waals surface area contributed by atoms with E-state index in [1.807, 2.05) is 32.0 Å². The number of aromatic nitrogens is 1. The Kier molecular flexibility index (Phi) is 5.76. The number of carboxylic acid groups (broad SMARTS) is 1. The fourth-order valence-electron chi connectivity index (χ4n) is 3.30. The van der Waals surface area contributed by atoms with Gasteiger partial charge in [-0.15, -0.1) is 11.3 Å². The Labute approximate surface area is 157 Å². The number of urea groups is 1. The predicted molar refractivity (Wildman–Crippen MR) is 103 cm³/mol. The van der Waals surface area contributed by atoms with Gasteiger partial charge in [0.15, 0.2) is 0 Å². The van der Waals surface area contributed by atoms with Crippen LogP contribution in [0.3, 0.4) is 0 Å². The molecule has 0 aliphatic carbocycles.